The first-order valence-electron chi connectivity index (χ1n) is 5.52. The molecule has 0 spiro atoms. The number of alkyl halides is 3. The summed E-state index contributed by atoms with van der Waals surface area (Å²) in [6, 6.07) is 4.79. The third-order valence-corrected chi connectivity index (χ3v) is 2.53. The number of nitriles is 1. The van der Waals surface area contributed by atoms with Gasteiger partial charge < -0.3 is 15.1 Å². The molecule has 7 heteroatoms. The molecule has 0 aliphatic carbocycles. The summed E-state index contributed by atoms with van der Waals surface area (Å²) >= 11 is 0. The summed E-state index contributed by atoms with van der Waals surface area (Å²) in [6.07, 6.45) is -4.62. The second-order valence-electron chi connectivity index (χ2n) is 3.77. The average Bonchev–Trinajstić information content (AvgIpc) is 2.37. The summed E-state index contributed by atoms with van der Waals surface area (Å²) in [5.41, 5.74) is -1.27. The van der Waals surface area contributed by atoms with Crippen molar-refractivity contribution in [1.82, 2.24) is 0 Å². The van der Waals surface area contributed by atoms with Crippen LogP contribution in [0.5, 0.6) is 0 Å². The number of nitrogens with zero attached hydrogens (tertiary/aromatic N) is 2. The Morgan fingerprint density at radius 2 is 1.74 bits per heavy atom. The smallest absolute Gasteiger partial charge is 0.395 e. The average molecular weight is 274 g/mol. The zero-order chi connectivity index (χ0) is 14.5. The van der Waals surface area contributed by atoms with Gasteiger partial charge in [0.1, 0.15) is 0 Å². The number of hydrogen-bond donors (Lipinski definition) is 2. The normalized spacial score (nSPS) is 11.2. The highest BCUT2D eigenvalue weighted by Crippen LogP contribution is 2.34. The Bertz CT molecular complexity index is 463. The van der Waals surface area contributed by atoms with Crippen LogP contribution in [0.1, 0.15) is 11.1 Å². The van der Waals surface area contributed by atoms with Crippen LogP contribution in [-0.4, -0.2) is 36.5 Å². The third kappa shape index (κ3) is 3.84. The van der Waals surface area contributed by atoms with Crippen LogP contribution in [0.3, 0.4) is 0 Å². The number of aliphatic hydroxyl groups is 2. The van der Waals surface area contributed by atoms with E-state index in [1.54, 1.807) is 0 Å². The topological polar surface area (TPSA) is 67.5 Å². The maximum Gasteiger partial charge on any atom is 0.417 e. The third-order valence-electron chi connectivity index (χ3n) is 2.53. The van der Waals surface area contributed by atoms with Crippen molar-refractivity contribution in [3.05, 3.63) is 29.3 Å². The molecule has 1 aromatic rings. The minimum atomic E-state index is -4.62. The van der Waals surface area contributed by atoms with Gasteiger partial charge in [0.2, 0.25) is 0 Å². The standard InChI is InChI=1S/C12H13F3N2O2/c13-12(14,15)11-7-10(2-1-9(11)8-16)17(3-5-18)4-6-19/h1-2,7,18-19H,3-6H2. The molecule has 0 amide bonds. The van der Waals surface area contributed by atoms with Gasteiger partial charge in [0.15, 0.2) is 0 Å². The van der Waals surface area contributed by atoms with Crippen molar-refractivity contribution < 1.29 is 23.4 Å². The molecule has 0 bridgehead atoms. The Morgan fingerprint density at radius 1 is 1.16 bits per heavy atom. The van der Waals surface area contributed by atoms with E-state index in [-0.39, 0.29) is 32.0 Å². The molecule has 2 N–H and O–H groups in total. The molecular formula is C12H13F3N2O2. The number of benzene rings is 1. The zero-order valence-corrected chi connectivity index (χ0v) is 9.98. The van der Waals surface area contributed by atoms with Crippen molar-refractivity contribution >= 4 is 5.69 Å². The van der Waals surface area contributed by atoms with Gasteiger partial charge in [-0.2, -0.15) is 18.4 Å². The largest absolute Gasteiger partial charge is 0.417 e. The maximum atomic E-state index is 12.8. The fourth-order valence-electron chi connectivity index (χ4n) is 1.67. The van der Waals surface area contributed by atoms with Gasteiger partial charge in [-0.15, -0.1) is 0 Å². The zero-order valence-electron chi connectivity index (χ0n) is 9.98. The second-order valence-corrected chi connectivity index (χ2v) is 3.77. The van der Waals surface area contributed by atoms with Gasteiger partial charge in [-0.3, -0.25) is 0 Å². The molecule has 0 heterocycles. The minimum absolute atomic E-state index is 0.101. The van der Waals surface area contributed by atoms with Crippen LogP contribution in [-0.2, 0) is 6.18 Å². The molecule has 0 radical (unpaired) electrons. The van der Waals surface area contributed by atoms with Crippen LogP contribution < -0.4 is 4.90 Å². The van der Waals surface area contributed by atoms with Crippen LogP contribution in [0.4, 0.5) is 18.9 Å². The summed E-state index contributed by atoms with van der Waals surface area (Å²) in [5.74, 6) is 0. The summed E-state index contributed by atoms with van der Waals surface area (Å²) in [6.45, 7) is -0.295. The molecule has 0 aliphatic heterocycles. The van der Waals surface area contributed by atoms with Gasteiger partial charge >= 0.3 is 6.18 Å². The van der Waals surface area contributed by atoms with Crippen molar-refractivity contribution in [2.45, 2.75) is 6.18 Å². The first-order valence-corrected chi connectivity index (χ1v) is 5.52. The van der Waals surface area contributed by atoms with Crippen molar-refractivity contribution in [3.63, 3.8) is 0 Å². The summed E-state index contributed by atoms with van der Waals surface area (Å²) < 4.78 is 38.3. The lowest BCUT2D eigenvalue weighted by atomic mass is 10.1. The molecule has 0 fully saturated rings. The predicted octanol–water partition coefficient (Wildman–Crippen LogP) is 1.37. The van der Waals surface area contributed by atoms with Gasteiger partial charge in [0, 0.05) is 18.8 Å². The fraction of sp³-hybridized carbons (Fsp3) is 0.417. The highest BCUT2D eigenvalue weighted by atomic mass is 19.4. The summed E-state index contributed by atoms with van der Waals surface area (Å²) in [4.78, 5) is 1.41. The van der Waals surface area contributed by atoms with Crippen LogP contribution in [0.15, 0.2) is 18.2 Å². The van der Waals surface area contributed by atoms with Crippen LogP contribution in [0, 0.1) is 11.3 Å². The van der Waals surface area contributed by atoms with Crippen LogP contribution in [0.2, 0.25) is 0 Å². The van der Waals surface area contributed by atoms with Gasteiger partial charge in [-0.1, -0.05) is 0 Å². The highest BCUT2D eigenvalue weighted by Gasteiger charge is 2.34. The SMILES string of the molecule is N#Cc1ccc(N(CCO)CCO)cc1C(F)(F)F. The van der Waals surface area contributed by atoms with E-state index >= 15 is 0 Å². The second kappa shape index (κ2) is 6.41. The lowest BCUT2D eigenvalue weighted by molar-refractivity contribution is -0.137. The number of rotatable bonds is 5. The number of aliphatic hydroxyl groups excluding tert-OH is 2. The molecule has 0 aromatic heterocycles. The first-order chi connectivity index (χ1) is 8.93. The molecular weight excluding hydrogens is 261 g/mol. The lowest BCUT2D eigenvalue weighted by Gasteiger charge is -2.24. The van der Waals surface area contributed by atoms with E-state index in [1.165, 1.54) is 17.0 Å². The van der Waals surface area contributed by atoms with E-state index < -0.39 is 17.3 Å². The first kappa shape index (κ1) is 15.3. The minimum Gasteiger partial charge on any atom is -0.395 e. The lowest BCUT2D eigenvalue weighted by Crippen LogP contribution is -2.30. The Labute approximate surface area is 108 Å². The van der Waals surface area contributed by atoms with E-state index in [0.717, 1.165) is 12.1 Å². The highest BCUT2D eigenvalue weighted by molar-refractivity contribution is 5.54. The van der Waals surface area contributed by atoms with Crippen molar-refractivity contribution in [2.24, 2.45) is 0 Å². The molecule has 19 heavy (non-hydrogen) atoms. The number of halogens is 3. The Morgan fingerprint density at radius 3 is 2.16 bits per heavy atom. The van der Waals surface area contributed by atoms with Crippen LogP contribution in [0.25, 0.3) is 0 Å². The molecule has 0 atom stereocenters. The van der Waals surface area contributed by atoms with Crippen molar-refractivity contribution in [1.29, 1.82) is 5.26 Å². The molecule has 1 aromatic carbocycles. The number of anilines is 1. The maximum absolute atomic E-state index is 12.8. The Balaban J connectivity index is 3.20. The van der Waals surface area contributed by atoms with Gasteiger partial charge in [-0.05, 0) is 18.2 Å². The molecule has 1 rings (SSSR count). The van der Waals surface area contributed by atoms with Crippen molar-refractivity contribution in [3.8, 4) is 6.07 Å². The monoisotopic (exact) mass is 274 g/mol. The Kier molecular flexibility index (Phi) is 5.15. The van der Waals surface area contributed by atoms with Crippen molar-refractivity contribution in [2.75, 3.05) is 31.2 Å². The molecule has 104 valence electrons. The molecule has 0 aliphatic rings. The van der Waals surface area contributed by atoms with E-state index in [1.807, 2.05) is 0 Å². The van der Waals surface area contributed by atoms with Gasteiger partial charge in [-0.25, -0.2) is 0 Å². The summed E-state index contributed by atoms with van der Waals surface area (Å²) in [5, 5.41) is 26.4. The quantitative estimate of drug-likeness (QED) is 0.851. The molecule has 4 nitrogen and oxygen atoms in total. The molecule has 0 unspecified atom stereocenters. The Hall–Kier alpha value is -1.78. The number of hydrogen-bond acceptors (Lipinski definition) is 4. The van der Waals surface area contributed by atoms with E-state index in [2.05, 4.69) is 0 Å². The molecule has 0 saturated carbocycles. The summed E-state index contributed by atoms with van der Waals surface area (Å²) in [7, 11) is 0. The van der Waals surface area contributed by atoms with E-state index in [9.17, 15) is 13.2 Å². The van der Waals surface area contributed by atoms with Gasteiger partial charge in [0.05, 0.1) is 30.4 Å². The van der Waals surface area contributed by atoms with E-state index in [0.29, 0.717) is 0 Å². The molecule has 0 saturated heterocycles. The van der Waals surface area contributed by atoms with E-state index in [4.69, 9.17) is 15.5 Å². The fourth-order valence-corrected chi connectivity index (χ4v) is 1.67. The van der Waals surface area contributed by atoms with Gasteiger partial charge in [0.25, 0.3) is 0 Å². The predicted molar refractivity (Wildman–Crippen MR) is 62.5 cm³/mol. The van der Waals surface area contributed by atoms with Crippen LogP contribution >= 0.6 is 0 Å².